The monoisotopic (exact) mass is 386 g/mol. The summed E-state index contributed by atoms with van der Waals surface area (Å²) in [7, 11) is 3.32. The standard InChI is InChI=1S/C23H22N4O2/c1-28-18-10-6-16(7-11-18)14-24-21-4-3-5-22-20(21)15-25-23(27-22)26-17-8-12-19(29-2)13-9-17/h3-13,15,24H,14H2,1-2H3,(H,25,26,27). The molecule has 0 atom stereocenters. The van der Waals surface area contributed by atoms with E-state index in [2.05, 4.69) is 20.6 Å². The highest BCUT2D eigenvalue weighted by molar-refractivity contribution is 5.91. The van der Waals surface area contributed by atoms with Crippen molar-refractivity contribution in [3.05, 3.63) is 78.5 Å². The third kappa shape index (κ3) is 4.38. The first kappa shape index (κ1) is 18.6. The minimum absolute atomic E-state index is 0.551. The van der Waals surface area contributed by atoms with E-state index in [1.54, 1.807) is 14.2 Å². The van der Waals surface area contributed by atoms with E-state index in [1.807, 2.05) is 72.9 Å². The lowest BCUT2D eigenvalue weighted by molar-refractivity contribution is 0.414. The third-order valence-electron chi connectivity index (χ3n) is 4.61. The molecule has 0 aliphatic carbocycles. The molecule has 6 heteroatoms. The molecule has 2 N–H and O–H groups in total. The van der Waals surface area contributed by atoms with Gasteiger partial charge >= 0.3 is 0 Å². The molecule has 0 fully saturated rings. The summed E-state index contributed by atoms with van der Waals surface area (Å²) >= 11 is 0. The summed E-state index contributed by atoms with van der Waals surface area (Å²) in [5.41, 5.74) is 3.94. The molecule has 0 bridgehead atoms. The van der Waals surface area contributed by atoms with Crippen molar-refractivity contribution >= 4 is 28.2 Å². The van der Waals surface area contributed by atoms with Gasteiger partial charge in [0, 0.05) is 29.5 Å². The smallest absolute Gasteiger partial charge is 0.227 e. The van der Waals surface area contributed by atoms with Crippen molar-refractivity contribution in [1.29, 1.82) is 0 Å². The largest absolute Gasteiger partial charge is 0.497 e. The van der Waals surface area contributed by atoms with Crippen LogP contribution in [0.1, 0.15) is 5.56 Å². The van der Waals surface area contributed by atoms with Crippen molar-refractivity contribution in [3.63, 3.8) is 0 Å². The van der Waals surface area contributed by atoms with Gasteiger partial charge in [-0.1, -0.05) is 18.2 Å². The molecule has 0 unspecified atom stereocenters. The van der Waals surface area contributed by atoms with Gasteiger partial charge in [0.25, 0.3) is 0 Å². The van der Waals surface area contributed by atoms with Crippen LogP contribution in [0, 0.1) is 0 Å². The molecule has 1 heterocycles. The second-order valence-corrected chi connectivity index (χ2v) is 6.49. The van der Waals surface area contributed by atoms with Crippen LogP contribution in [0.2, 0.25) is 0 Å². The van der Waals surface area contributed by atoms with Crippen LogP contribution in [0.3, 0.4) is 0 Å². The summed E-state index contributed by atoms with van der Waals surface area (Å²) in [4.78, 5) is 9.11. The Balaban J connectivity index is 1.50. The first-order chi connectivity index (χ1) is 14.2. The number of hydrogen-bond acceptors (Lipinski definition) is 6. The van der Waals surface area contributed by atoms with E-state index in [-0.39, 0.29) is 0 Å². The molecule has 0 spiro atoms. The van der Waals surface area contributed by atoms with Crippen LogP contribution in [0.4, 0.5) is 17.3 Å². The molecule has 6 nitrogen and oxygen atoms in total. The Bertz CT molecular complexity index is 1100. The maximum Gasteiger partial charge on any atom is 0.227 e. The lowest BCUT2D eigenvalue weighted by Crippen LogP contribution is -2.02. The molecular weight excluding hydrogens is 364 g/mol. The first-order valence-corrected chi connectivity index (χ1v) is 9.29. The molecule has 0 aliphatic heterocycles. The average molecular weight is 386 g/mol. The first-order valence-electron chi connectivity index (χ1n) is 9.29. The van der Waals surface area contributed by atoms with Crippen LogP contribution >= 0.6 is 0 Å². The number of hydrogen-bond donors (Lipinski definition) is 2. The Morgan fingerprint density at radius 1 is 0.828 bits per heavy atom. The average Bonchev–Trinajstić information content (AvgIpc) is 2.78. The molecular formula is C23H22N4O2. The molecule has 0 aliphatic rings. The van der Waals surface area contributed by atoms with Crippen molar-refractivity contribution in [2.24, 2.45) is 0 Å². The van der Waals surface area contributed by atoms with Gasteiger partial charge in [0.05, 0.1) is 19.7 Å². The zero-order chi connectivity index (χ0) is 20.1. The number of aromatic nitrogens is 2. The van der Waals surface area contributed by atoms with Gasteiger partial charge in [0.1, 0.15) is 11.5 Å². The zero-order valence-corrected chi connectivity index (χ0v) is 16.3. The number of anilines is 3. The van der Waals surface area contributed by atoms with Crippen LogP contribution in [0.5, 0.6) is 11.5 Å². The van der Waals surface area contributed by atoms with E-state index in [0.29, 0.717) is 12.5 Å². The quantitative estimate of drug-likeness (QED) is 0.466. The molecule has 3 aromatic carbocycles. The van der Waals surface area contributed by atoms with Crippen LogP contribution in [0.25, 0.3) is 10.9 Å². The maximum absolute atomic E-state index is 5.21. The Hall–Kier alpha value is -3.80. The van der Waals surface area contributed by atoms with E-state index in [0.717, 1.165) is 33.8 Å². The third-order valence-corrected chi connectivity index (χ3v) is 4.61. The van der Waals surface area contributed by atoms with Crippen molar-refractivity contribution in [2.75, 3.05) is 24.9 Å². The second kappa shape index (κ2) is 8.48. The molecule has 0 amide bonds. The summed E-state index contributed by atoms with van der Waals surface area (Å²) in [5, 5.41) is 7.67. The van der Waals surface area contributed by atoms with Crippen LogP contribution in [-0.2, 0) is 6.54 Å². The highest BCUT2D eigenvalue weighted by Gasteiger charge is 2.06. The zero-order valence-electron chi connectivity index (χ0n) is 16.3. The van der Waals surface area contributed by atoms with E-state index in [1.165, 1.54) is 5.56 Å². The predicted octanol–water partition coefficient (Wildman–Crippen LogP) is 5.00. The Labute approximate surface area is 169 Å². The lowest BCUT2D eigenvalue weighted by Gasteiger charge is -2.11. The molecule has 0 saturated heterocycles. The number of rotatable bonds is 7. The van der Waals surface area contributed by atoms with Crippen LogP contribution in [-0.4, -0.2) is 24.2 Å². The van der Waals surface area contributed by atoms with Crippen molar-refractivity contribution < 1.29 is 9.47 Å². The molecule has 146 valence electrons. The molecule has 1 aromatic heterocycles. The summed E-state index contributed by atoms with van der Waals surface area (Å²) in [6.07, 6.45) is 1.84. The Morgan fingerprint density at radius 3 is 2.21 bits per heavy atom. The van der Waals surface area contributed by atoms with E-state index in [4.69, 9.17) is 9.47 Å². The highest BCUT2D eigenvalue weighted by atomic mass is 16.5. The summed E-state index contributed by atoms with van der Waals surface area (Å²) in [5.74, 6) is 2.21. The van der Waals surface area contributed by atoms with Crippen LogP contribution in [0.15, 0.2) is 72.9 Å². The van der Waals surface area contributed by atoms with Gasteiger partial charge in [-0.15, -0.1) is 0 Å². The Morgan fingerprint density at radius 2 is 1.52 bits per heavy atom. The van der Waals surface area contributed by atoms with Gasteiger partial charge < -0.3 is 20.1 Å². The molecule has 0 saturated carbocycles. The summed E-state index contributed by atoms with van der Waals surface area (Å²) < 4.78 is 10.4. The number of fused-ring (bicyclic) bond motifs is 1. The van der Waals surface area contributed by atoms with Gasteiger partial charge in [-0.25, -0.2) is 9.97 Å². The maximum atomic E-state index is 5.21. The van der Waals surface area contributed by atoms with Gasteiger partial charge in [-0.05, 0) is 54.1 Å². The van der Waals surface area contributed by atoms with Gasteiger partial charge in [-0.3, -0.25) is 0 Å². The molecule has 4 rings (SSSR count). The fourth-order valence-electron chi connectivity index (χ4n) is 3.01. The highest BCUT2D eigenvalue weighted by Crippen LogP contribution is 2.24. The Kier molecular flexibility index (Phi) is 5.42. The minimum Gasteiger partial charge on any atom is -0.497 e. The van der Waals surface area contributed by atoms with Gasteiger partial charge in [-0.2, -0.15) is 0 Å². The minimum atomic E-state index is 0.551. The molecule has 29 heavy (non-hydrogen) atoms. The SMILES string of the molecule is COc1ccc(CNc2cccc3nc(Nc4ccc(OC)cc4)ncc23)cc1. The fourth-order valence-corrected chi connectivity index (χ4v) is 3.01. The van der Waals surface area contributed by atoms with E-state index < -0.39 is 0 Å². The van der Waals surface area contributed by atoms with Crippen molar-refractivity contribution in [2.45, 2.75) is 6.54 Å². The number of nitrogens with zero attached hydrogens (tertiary/aromatic N) is 2. The number of ether oxygens (including phenoxy) is 2. The van der Waals surface area contributed by atoms with Gasteiger partial charge in [0.15, 0.2) is 0 Å². The van der Waals surface area contributed by atoms with Gasteiger partial charge in [0.2, 0.25) is 5.95 Å². The fraction of sp³-hybridized carbons (Fsp3) is 0.130. The normalized spacial score (nSPS) is 10.6. The summed E-state index contributed by atoms with van der Waals surface area (Å²) in [6, 6.07) is 21.7. The molecule has 0 radical (unpaired) electrons. The number of methoxy groups -OCH3 is 2. The summed E-state index contributed by atoms with van der Waals surface area (Å²) in [6.45, 7) is 0.703. The van der Waals surface area contributed by atoms with Crippen molar-refractivity contribution in [3.8, 4) is 11.5 Å². The molecule has 4 aromatic rings. The van der Waals surface area contributed by atoms with Crippen molar-refractivity contribution in [1.82, 2.24) is 9.97 Å². The predicted molar refractivity (Wildman–Crippen MR) is 116 cm³/mol. The second-order valence-electron chi connectivity index (χ2n) is 6.49. The lowest BCUT2D eigenvalue weighted by atomic mass is 10.2. The number of nitrogens with one attached hydrogen (secondary N) is 2. The van der Waals surface area contributed by atoms with E-state index in [9.17, 15) is 0 Å². The van der Waals surface area contributed by atoms with E-state index >= 15 is 0 Å². The topological polar surface area (TPSA) is 68.3 Å². The van der Waals surface area contributed by atoms with Crippen LogP contribution < -0.4 is 20.1 Å². The number of benzene rings is 3.